The number of aromatic nitrogens is 1. The summed E-state index contributed by atoms with van der Waals surface area (Å²) in [6, 6.07) is 10.4. The van der Waals surface area contributed by atoms with Gasteiger partial charge < -0.3 is 0 Å². The molecule has 0 saturated heterocycles. The molecule has 1 heterocycles. The van der Waals surface area contributed by atoms with Crippen molar-refractivity contribution in [2.24, 2.45) is 0 Å². The van der Waals surface area contributed by atoms with Crippen molar-refractivity contribution in [3.63, 3.8) is 0 Å². The minimum Gasteiger partial charge on any atom is -0.252 e. The number of pyridine rings is 1. The van der Waals surface area contributed by atoms with Gasteiger partial charge >= 0.3 is 0 Å². The second kappa shape index (κ2) is 5.05. The van der Waals surface area contributed by atoms with Gasteiger partial charge in [0.05, 0.1) is 5.52 Å². The van der Waals surface area contributed by atoms with Crippen molar-refractivity contribution in [3.8, 4) is 0 Å². The number of alkyl halides is 1. The maximum Gasteiger partial charge on any atom is 0.0705 e. The van der Waals surface area contributed by atoms with Crippen LogP contribution in [0.3, 0.4) is 0 Å². The molecule has 1 aromatic heterocycles. The quantitative estimate of drug-likeness (QED) is 0.719. The van der Waals surface area contributed by atoms with Crippen LogP contribution >= 0.6 is 11.6 Å². The SMILES string of the molecule is CCC(Cl)C(C)c1nc2ccccc2cc1C. The van der Waals surface area contributed by atoms with Gasteiger partial charge in [-0.15, -0.1) is 11.6 Å². The third kappa shape index (κ3) is 2.44. The Kier molecular flexibility index (Phi) is 3.68. The molecule has 0 amide bonds. The maximum atomic E-state index is 6.33. The van der Waals surface area contributed by atoms with E-state index in [1.165, 1.54) is 10.9 Å². The predicted octanol–water partition coefficient (Wildman–Crippen LogP) is 4.66. The van der Waals surface area contributed by atoms with Crippen LogP contribution in [0.5, 0.6) is 0 Å². The summed E-state index contributed by atoms with van der Waals surface area (Å²) >= 11 is 6.33. The molecule has 1 nitrogen and oxygen atoms in total. The highest BCUT2D eigenvalue weighted by Crippen LogP contribution is 2.28. The van der Waals surface area contributed by atoms with Crippen molar-refractivity contribution >= 4 is 22.5 Å². The van der Waals surface area contributed by atoms with E-state index in [9.17, 15) is 0 Å². The van der Waals surface area contributed by atoms with Crippen molar-refractivity contribution in [2.45, 2.75) is 38.5 Å². The first-order chi connectivity index (χ1) is 8.13. The highest BCUT2D eigenvalue weighted by atomic mass is 35.5. The first-order valence-electron chi connectivity index (χ1n) is 6.13. The van der Waals surface area contributed by atoms with Crippen molar-refractivity contribution in [1.29, 1.82) is 0 Å². The number of fused-ring (bicyclic) bond motifs is 1. The molecule has 0 fully saturated rings. The fourth-order valence-electron chi connectivity index (χ4n) is 2.22. The molecule has 0 aliphatic carbocycles. The van der Waals surface area contributed by atoms with Gasteiger partial charge in [0, 0.05) is 22.4 Å². The highest BCUT2D eigenvalue weighted by Gasteiger charge is 2.18. The van der Waals surface area contributed by atoms with Gasteiger partial charge in [0.15, 0.2) is 0 Å². The molecule has 0 bridgehead atoms. The number of para-hydroxylation sites is 1. The zero-order chi connectivity index (χ0) is 12.4. The van der Waals surface area contributed by atoms with Crippen molar-refractivity contribution < 1.29 is 0 Å². The van der Waals surface area contributed by atoms with E-state index in [1.54, 1.807) is 0 Å². The third-order valence-electron chi connectivity index (χ3n) is 3.32. The summed E-state index contributed by atoms with van der Waals surface area (Å²) in [4.78, 5) is 4.76. The van der Waals surface area contributed by atoms with Crippen molar-refractivity contribution in [3.05, 3.63) is 41.6 Å². The third-order valence-corrected chi connectivity index (χ3v) is 4.00. The topological polar surface area (TPSA) is 12.9 Å². The molecule has 0 N–H and O–H groups in total. The van der Waals surface area contributed by atoms with E-state index in [0.717, 1.165) is 17.6 Å². The van der Waals surface area contributed by atoms with Crippen molar-refractivity contribution in [1.82, 2.24) is 4.98 Å². The van der Waals surface area contributed by atoms with Gasteiger partial charge in [-0.3, -0.25) is 4.98 Å². The number of benzene rings is 1. The normalized spacial score (nSPS) is 14.8. The van der Waals surface area contributed by atoms with E-state index < -0.39 is 0 Å². The fourth-order valence-corrected chi connectivity index (χ4v) is 2.34. The van der Waals surface area contributed by atoms with Gasteiger partial charge in [-0.25, -0.2) is 0 Å². The molecule has 2 atom stereocenters. The lowest BCUT2D eigenvalue weighted by atomic mass is 9.96. The molecule has 2 unspecified atom stereocenters. The molecule has 90 valence electrons. The summed E-state index contributed by atoms with van der Waals surface area (Å²) in [6.07, 6.45) is 0.969. The Hall–Kier alpha value is -1.08. The molecular weight excluding hydrogens is 230 g/mol. The van der Waals surface area contributed by atoms with Gasteiger partial charge in [0.1, 0.15) is 0 Å². The predicted molar refractivity (Wildman–Crippen MR) is 74.8 cm³/mol. The van der Waals surface area contributed by atoms with Crippen LogP contribution in [-0.2, 0) is 0 Å². The second-order valence-electron chi connectivity index (χ2n) is 4.60. The number of hydrogen-bond donors (Lipinski definition) is 0. The minimum atomic E-state index is 0.155. The van der Waals surface area contributed by atoms with Crippen molar-refractivity contribution in [2.75, 3.05) is 0 Å². The zero-order valence-corrected chi connectivity index (χ0v) is 11.3. The molecule has 0 aliphatic heterocycles. The van der Waals surface area contributed by atoms with E-state index in [4.69, 9.17) is 16.6 Å². The van der Waals surface area contributed by atoms with Gasteiger partial charge in [0.25, 0.3) is 0 Å². The van der Waals surface area contributed by atoms with Crippen LogP contribution in [0, 0.1) is 6.92 Å². The lowest BCUT2D eigenvalue weighted by Crippen LogP contribution is -2.11. The summed E-state index contributed by atoms with van der Waals surface area (Å²) in [5.74, 6) is 0.297. The Bertz CT molecular complexity index is 521. The lowest BCUT2D eigenvalue weighted by Gasteiger charge is -2.18. The molecule has 0 radical (unpaired) electrons. The molecule has 2 rings (SSSR count). The molecule has 0 aliphatic rings. The highest BCUT2D eigenvalue weighted by molar-refractivity contribution is 6.21. The Labute approximate surface area is 108 Å². The average Bonchev–Trinajstić information content (AvgIpc) is 2.36. The van der Waals surface area contributed by atoms with E-state index in [-0.39, 0.29) is 5.38 Å². The molecule has 2 heteroatoms. The smallest absolute Gasteiger partial charge is 0.0705 e. The van der Waals surface area contributed by atoms with Gasteiger partial charge in [-0.1, -0.05) is 32.0 Å². The first-order valence-corrected chi connectivity index (χ1v) is 6.57. The summed E-state index contributed by atoms with van der Waals surface area (Å²) in [5.41, 5.74) is 3.42. The average molecular weight is 248 g/mol. The van der Waals surface area contributed by atoms with Crippen LogP contribution in [0.15, 0.2) is 30.3 Å². The Morgan fingerprint density at radius 2 is 2.00 bits per heavy atom. The van der Waals surface area contributed by atoms with E-state index in [2.05, 4.69) is 39.0 Å². The Morgan fingerprint density at radius 1 is 1.29 bits per heavy atom. The standard InChI is InChI=1S/C15H18ClN/c1-4-13(16)11(3)15-10(2)9-12-7-5-6-8-14(12)17-15/h5-9,11,13H,4H2,1-3H3. The summed E-state index contributed by atoms with van der Waals surface area (Å²) < 4.78 is 0. The summed E-state index contributed by atoms with van der Waals surface area (Å²) in [6.45, 7) is 6.39. The van der Waals surface area contributed by atoms with Crippen LogP contribution < -0.4 is 0 Å². The van der Waals surface area contributed by atoms with Gasteiger partial charge in [-0.2, -0.15) is 0 Å². The molecule has 0 spiro atoms. The number of aryl methyl sites for hydroxylation is 1. The second-order valence-corrected chi connectivity index (χ2v) is 5.16. The van der Waals surface area contributed by atoms with E-state index in [0.29, 0.717) is 5.92 Å². The molecule has 0 saturated carbocycles. The Morgan fingerprint density at radius 3 is 2.71 bits per heavy atom. The van der Waals surface area contributed by atoms with Crippen LogP contribution in [0.25, 0.3) is 10.9 Å². The minimum absolute atomic E-state index is 0.155. The van der Waals surface area contributed by atoms with E-state index >= 15 is 0 Å². The largest absolute Gasteiger partial charge is 0.252 e. The monoisotopic (exact) mass is 247 g/mol. The molecular formula is C15H18ClN. The zero-order valence-electron chi connectivity index (χ0n) is 10.6. The van der Waals surface area contributed by atoms with Gasteiger partial charge in [-0.05, 0) is 31.0 Å². The molecule has 17 heavy (non-hydrogen) atoms. The van der Waals surface area contributed by atoms with E-state index in [1.807, 2.05) is 12.1 Å². The van der Waals surface area contributed by atoms with Crippen LogP contribution in [0.2, 0.25) is 0 Å². The van der Waals surface area contributed by atoms with Crippen LogP contribution in [0.1, 0.15) is 37.4 Å². The number of halogens is 1. The maximum absolute atomic E-state index is 6.33. The lowest BCUT2D eigenvalue weighted by molar-refractivity contribution is 0.655. The number of nitrogens with zero attached hydrogens (tertiary/aromatic N) is 1. The number of hydrogen-bond acceptors (Lipinski definition) is 1. The summed E-state index contributed by atoms with van der Waals surface area (Å²) in [7, 11) is 0. The number of rotatable bonds is 3. The molecule has 2 aromatic rings. The van der Waals surface area contributed by atoms with Crippen LogP contribution in [-0.4, -0.2) is 10.4 Å². The fraction of sp³-hybridized carbons (Fsp3) is 0.400. The Balaban J connectivity index is 2.50. The summed E-state index contributed by atoms with van der Waals surface area (Å²) in [5, 5.41) is 1.35. The van der Waals surface area contributed by atoms with Crippen LogP contribution in [0.4, 0.5) is 0 Å². The first kappa shape index (κ1) is 12.4. The van der Waals surface area contributed by atoms with Gasteiger partial charge in [0.2, 0.25) is 0 Å². The molecule has 1 aromatic carbocycles.